The first-order chi connectivity index (χ1) is 16.2. The van der Waals surface area contributed by atoms with Crippen LogP contribution in [0.2, 0.25) is 0 Å². The first-order valence-corrected chi connectivity index (χ1v) is 10.9. The van der Waals surface area contributed by atoms with Gasteiger partial charge in [0.1, 0.15) is 5.75 Å². The predicted octanol–water partition coefficient (Wildman–Crippen LogP) is 1.04. The molecule has 11 nitrogen and oxygen atoms in total. The van der Waals surface area contributed by atoms with Crippen LogP contribution < -0.4 is 10.5 Å². The topological polar surface area (TPSA) is 150 Å². The van der Waals surface area contributed by atoms with Gasteiger partial charge in [-0.1, -0.05) is 12.1 Å². The number of hydrogen-bond donors (Lipinski definition) is 1. The largest absolute Gasteiger partial charge is 0.467 e. The molecular weight excluding hydrogens is 450 g/mol. The molecule has 1 aromatic carbocycles. The molecule has 0 unspecified atom stereocenters. The zero-order chi connectivity index (χ0) is 25.3. The second kappa shape index (κ2) is 12.9. The number of methoxy groups -OCH3 is 1. The molecule has 2 rings (SSSR count). The molecule has 0 aromatic heterocycles. The molecule has 0 bridgehead atoms. The van der Waals surface area contributed by atoms with Crippen molar-refractivity contribution in [1.82, 2.24) is 0 Å². The molecule has 188 valence electrons. The summed E-state index contributed by atoms with van der Waals surface area (Å²) in [6, 6.07) is 7.10. The minimum atomic E-state index is -1.51. The van der Waals surface area contributed by atoms with Gasteiger partial charge in [0, 0.05) is 20.8 Å². The number of hydrogen-bond acceptors (Lipinski definition) is 11. The number of esters is 4. The van der Waals surface area contributed by atoms with Crippen LogP contribution in [-0.2, 0) is 49.3 Å². The summed E-state index contributed by atoms with van der Waals surface area (Å²) >= 11 is 0. The number of benzene rings is 1. The molecular formula is C23H31NO10. The van der Waals surface area contributed by atoms with E-state index in [0.29, 0.717) is 12.3 Å². The molecule has 0 saturated carbocycles. The molecule has 2 N–H and O–H groups in total. The summed E-state index contributed by atoms with van der Waals surface area (Å²) < 4.78 is 32.2. The Kier molecular flexibility index (Phi) is 10.3. The lowest BCUT2D eigenvalue weighted by atomic mass is 9.97. The monoisotopic (exact) mass is 481 g/mol. The van der Waals surface area contributed by atoms with Gasteiger partial charge in [-0.05, 0) is 43.5 Å². The highest BCUT2D eigenvalue weighted by atomic mass is 16.7. The summed E-state index contributed by atoms with van der Waals surface area (Å²) in [5, 5.41) is 0. The molecule has 1 aromatic rings. The Hall–Kier alpha value is -3.18. The number of rotatable bonds is 10. The van der Waals surface area contributed by atoms with Gasteiger partial charge in [0.15, 0.2) is 18.3 Å². The molecule has 0 spiro atoms. The van der Waals surface area contributed by atoms with Crippen molar-refractivity contribution in [2.45, 2.75) is 70.7 Å². The smallest absolute Gasteiger partial charge is 0.339 e. The molecule has 1 aliphatic rings. The molecule has 34 heavy (non-hydrogen) atoms. The van der Waals surface area contributed by atoms with Crippen molar-refractivity contribution >= 4 is 23.9 Å². The van der Waals surface area contributed by atoms with E-state index < -0.39 is 54.6 Å². The van der Waals surface area contributed by atoms with Crippen molar-refractivity contribution < 1.29 is 47.6 Å². The maximum Gasteiger partial charge on any atom is 0.339 e. The van der Waals surface area contributed by atoms with Gasteiger partial charge in [0.2, 0.25) is 12.4 Å². The molecule has 5 atom stereocenters. The minimum Gasteiger partial charge on any atom is -0.467 e. The summed E-state index contributed by atoms with van der Waals surface area (Å²) in [6.07, 6.45) is -4.38. The quantitative estimate of drug-likeness (QED) is 0.290. The average molecular weight is 481 g/mol. The van der Waals surface area contributed by atoms with Crippen LogP contribution in [0.4, 0.5) is 0 Å². The van der Waals surface area contributed by atoms with Crippen molar-refractivity contribution in [2.24, 2.45) is 5.73 Å². The van der Waals surface area contributed by atoms with E-state index in [1.54, 1.807) is 12.1 Å². The highest BCUT2D eigenvalue weighted by molar-refractivity contribution is 5.77. The average Bonchev–Trinajstić information content (AvgIpc) is 2.77. The minimum absolute atomic E-state index is 0.348. The zero-order valence-corrected chi connectivity index (χ0v) is 19.7. The maximum atomic E-state index is 12.4. The standard InChI is InChI=1S/C23H31NO10/c1-13(25)30-18-19(31-14(2)26)21(32-15(3)27)23(34-20(18)22(28)29-4)33-17-10-8-16(9-11-17)7-5-6-12-24/h8-11,18-21,23H,5-7,12,24H2,1-4H3/t18-,19-,20+,21+,23-/m1/s1. The number of ether oxygens (including phenoxy) is 6. The van der Waals surface area contributed by atoms with Crippen molar-refractivity contribution in [1.29, 1.82) is 0 Å². The van der Waals surface area contributed by atoms with Gasteiger partial charge >= 0.3 is 23.9 Å². The van der Waals surface area contributed by atoms with Crippen LogP contribution in [0.3, 0.4) is 0 Å². The van der Waals surface area contributed by atoms with Gasteiger partial charge in [-0.15, -0.1) is 0 Å². The van der Waals surface area contributed by atoms with Gasteiger partial charge in [-0.25, -0.2) is 4.79 Å². The van der Waals surface area contributed by atoms with Crippen molar-refractivity contribution in [3.8, 4) is 5.75 Å². The predicted molar refractivity (Wildman–Crippen MR) is 116 cm³/mol. The molecule has 1 saturated heterocycles. The number of aryl methyl sites for hydroxylation is 1. The highest BCUT2D eigenvalue weighted by Crippen LogP contribution is 2.31. The summed E-state index contributed by atoms with van der Waals surface area (Å²) in [4.78, 5) is 47.8. The van der Waals surface area contributed by atoms with Gasteiger partial charge in [0.05, 0.1) is 7.11 Å². The van der Waals surface area contributed by atoms with Crippen LogP contribution in [-0.4, -0.2) is 68.2 Å². The number of carbonyl (C=O) groups is 4. The summed E-state index contributed by atoms with van der Waals surface area (Å²) in [5.74, 6) is -2.81. The Balaban J connectivity index is 2.36. The second-order valence-corrected chi connectivity index (χ2v) is 7.68. The fourth-order valence-corrected chi connectivity index (χ4v) is 3.52. The van der Waals surface area contributed by atoms with E-state index in [2.05, 4.69) is 0 Å². The van der Waals surface area contributed by atoms with E-state index in [4.69, 9.17) is 34.2 Å². The number of carbonyl (C=O) groups excluding carboxylic acids is 4. The molecule has 11 heteroatoms. The van der Waals surface area contributed by atoms with Crippen LogP contribution in [0.5, 0.6) is 5.75 Å². The van der Waals surface area contributed by atoms with Crippen molar-refractivity contribution in [3.05, 3.63) is 29.8 Å². The van der Waals surface area contributed by atoms with E-state index in [1.165, 1.54) is 0 Å². The lowest BCUT2D eigenvalue weighted by Gasteiger charge is -2.43. The van der Waals surface area contributed by atoms with E-state index in [1.807, 2.05) is 12.1 Å². The lowest BCUT2D eigenvalue weighted by Crippen LogP contribution is -2.64. The van der Waals surface area contributed by atoms with Gasteiger partial charge < -0.3 is 34.2 Å². The third-order valence-corrected chi connectivity index (χ3v) is 4.93. The maximum absolute atomic E-state index is 12.4. The van der Waals surface area contributed by atoms with Crippen LogP contribution in [0.15, 0.2) is 24.3 Å². The van der Waals surface area contributed by atoms with Crippen LogP contribution in [0.25, 0.3) is 0 Å². The number of nitrogens with two attached hydrogens (primary N) is 1. The van der Waals surface area contributed by atoms with Crippen molar-refractivity contribution in [2.75, 3.05) is 13.7 Å². The molecule has 0 amide bonds. The Morgan fingerprint density at radius 1 is 0.853 bits per heavy atom. The van der Waals surface area contributed by atoms with E-state index in [0.717, 1.165) is 52.7 Å². The van der Waals surface area contributed by atoms with Crippen LogP contribution in [0, 0.1) is 0 Å². The molecule has 1 aliphatic heterocycles. The first kappa shape index (κ1) is 27.1. The van der Waals surface area contributed by atoms with Gasteiger partial charge in [-0.2, -0.15) is 0 Å². The first-order valence-electron chi connectivity index (χ1n) is 10.9. The Morgan fingerprint density at radius 3 is 1.94 bits per heavy atom. The Labute approximate surface area is 197 Å². The normalized spacial score (nSPS) is 24.0. The Morgan fingerprint density at radius 2 is 1.41 bits per heavy atom. The third kappa shape index (κ3) is 7.70. The van der Waals surface area contributed by atoms with Gasteiger partial charge in [-0.3, -0.25) is 14.4 Å². The fourth-order valence-electron chi connectivity index (χ4n) is 3.52. The summed E-state index contributed by atoms with van der Waals surface area (Å²) in [6.45, 7) is 4.00. The van der Waals surface area contributed by atoms with Crippen LogP contribution in [0.1, 0.15) is 39.2 Å². The summed E-state index contributed by atoms with van der Waals surface area (Å²) in [5.41, 5.74) is 6.60. The van der Waals surface area contributed by atoms with Crippen LogP contribution >= 0.6 is 0 Å². The zero-order valence-electron chi connectivity index (χ0n) is 19.7. The SMILES string of the molecule is COC(=O)[C@H]1O[C@@H](Oc2ccc(CCCCN)cc2)[C@@H](OC(C)=O)[C@H](OC(C)=O)[C@H]1OC(C)=O. The molecule has 1 heterocycles. The number of unbranched alkanes of at least 4 members (excludes halogenated alkanes) is 1. The third-order valence-electron chi connectivity index (χ3n) is 4.93. The molecule has 0 radical (unpaired) electrons. The lowest BCUT2D eigenvalue weighted by molar-refractivity contribution is -0.282. The Bertz CT molecular complexity index is 856. The molecule has 1 fully saturated rings. The highest BCUT2D eigenvalue weighted by Gasteiger charge is 2.55. The molecule has 0 aliphatic carbocycles. The van der Waals surface area contributed by atoms with E-state index in [9.17, 15) is 19.2 Å². The van der Waals surface area contributed by atoms with E-state index >= 15 is 0 Å². The fraction of sp³-hybridized carbons (Fsp3) is 0.565. The summed E-state index contributed by atoms with van der Waals surface area (Å²) in [7, 11) is 1.12. The second-order valence-electron chi connectivity index (χ2n) is 7.68. The van der Waals surface area contributed by atoms with E-state index in [-0.39, 0.29) is 0 Å². The van der Waals surface area contributed by atoms with Gasteiger partial charge in [0.25, 0.3) is 0 Å². The van der Waals surface area contributed by atoms with Crippen molar-refractivity contribution in [3.63, 3.8) is 0 Å².